The number of hydrogen-bond acceptors (Lipinski definition) is 3. The predicted octanol–water partition coefficient (Wildman–Crippen LogP) is 0.123. The monoisotopic (exact) mass is 219 g/mol. The molecule has 0 aromatic carbocycles. The van der Waals surface area contributed by atoms with Crippen LogP contribution < -0.4 is 0 Å². The van der Waals surface area contributed by atoms with Gasteiger partial charge in [0, 0.05) is 13.1 Å². The van der Waals surface area contributed by atoms with Crippen LogP contribution in [-0.4, -0.2) is 64.4 Å². The minimum atomic E-state index is -0.822. The Kier molecular flexibility index (Phi) is 3.15. The molecule has 2 saturated heterocycles. The highest BCUT2D eigenvalue weighted by Crippen LogP contribution is 2.34. The Morgan fingerprint density at radius 1 is 1.00 bits per heavy atom. The molecule has 0 amide bonds. The third kappa shape index (κ3) is 2.05. The Hall–Kier alpha value is 0.00987. The zero-order valence-electron chi connectivity index (χ0n) is 10.4. The van der Waals surface area contributed by atoms with E-state index in [1.54, 1.807) is 0 Å². The lowest BCUT2D eigenvalue weighted by molar-refractivity contribution is -0.116. The fraction of sp³-hybridized carbons (Fsp3) is 1.00. The molecule has 0 aromatic heterocycles. The van der Waals surface area contributed by atoms with Crippen LogP contribution in [0.3, 0.4) is 0 Å². The molecule has 0 saturated carbocycles. The van der Waals surface area contributed by atoms with Crippen molar-refractivity contribution < 1.29 is 9.47 Å². The van der Waals surface area contributed by atoms with Gasteiger partial charge in [-0.3, -0.25) is 0 Å². The normalized spacial score (nSPS) is 32.7. The van der Waals surface area contributed by atoms with Crippen molar-refractivity contribution in [3.8, 4) is 0 Å². The van der Waals surface area contributed by atoms with E-state index in [1.807, 2.05) is 0 Å². The van der Waals surface area contributed by atoms with Crippen LogP contribution in [0.2, 0.25) is 0 Å². The minimum absolute atomic E-state index is 0.127. The van der Waals surface area contributed by atoms with Crippen molar-refractivity contribution in [2.45, 2.75) is 38.3 Å². The largest absolute Gasteiger partial charge is 0.372 e. The van der Waals surface area contributed by atoms with Gasteiger partial charge >= 0.3 is 0 Å². The van der Waals surface area contributed by atoms with Gasteiger partial charge in [0.2, 0.25) is 0 Å². The van der Waals surface area contributed by atoms with Gasteiger partial charge in [-0.1, -0.05) is 20.8 Å². The molecule has 0 N–H and O–H groups in total. The van der Waals surface area contributed by atoms with Gasteiger partial charge in [0.15, 0.2) is 0 Å². The van der Waals surface area contributed by atoms with Crippen LogP contribution in [0.1, 0.15) is 20.8 Å². The molecule has 3 nitrogen and oxygen atoms in total. The van der Waals surface area contributed by atoms with E-state index in [9.17, 15) is 0 Å². The van der Waals surface area contributed by atoms with Crippen LogP contribution in [-0.2, 0) is 9.47 Å². The molecule has 2 aliphatic rings. The van der Waals surface area contributed by atoms with Crippen LogP contribution in [0.25, 0.3) is 0 Å². The molecule has 2 heterocycles. The van der Waals surface area contributed by atoms with Gasteiger partial charge in [0.25, 0.3) is 0 Å². The summed E-state index contributed by atoms with van der Waals surface area (Å²) in [4.78, 5) is 2.08. The first kappa shape index (κ1) is 12.5. The summed E-state index contributed by atoms with van der Waals surface area (Å²) >= 11 is 0. The van der Waals surface area contributed by atoms with Crippen molar-refractivity contribution >= 4 is 15.7 Å². The maximum atomic E-state index is 6.25. The van der Waals surface area contributed by atoms with Crippen molar-refractivity contribution in [2.75, 3.05) is 26.3 Å². The SMILES string of the molecule is [B]C([B])(N1CC2OCCOC2C1)C(C)(C)C. The van der Waals surface area contributed by atoms with E-state index in [2.05, 4.69) is 25.7 Å². The van der Waals surface area contributed by atoms with E-state index >= 15 is 0 Å². The van der Waals surface area contributed by atoms with Gasteiger partial charge in [0.1, 0.15) is 0 Å². The smallest absolute Gasteiger partial charge is 0.0976 e. The molecule has 2 unspecified atom stereocenters. The van der Waals surface area contributed by atoms with Gasteiger partial charge in [-0.25, -0.2) is 0 Å². The molecule has 5 heteroatoms. The highest BCUT2D eigenvalue weighted by molar-refractivity contribution is 6.40. The molecule has 0 bridgehead atoms. The summed E-state index contributed by atoms with van der Waals surface area (Å²) in [7, 11) is 12.5. The summed E-state index contributed by atoms with van der Waals surface area (Å²) in [5.74, 6) is 0. The molecule has 86 valence electrons. The van der Waals surface area contributed by atoms with Crippen molar-refractivity contribution in [2.24, 2.45) is 5.41 Å². The van der Waals surface area contributed by atoms with Crippen LogP contribution in [0.15, 0.2) is 0 Å². The van der Waals surface area contributed by atoms with Crippen molar-refractivity contribution in [1.29, 1.82) is 0 Å². The Morgan fingerprint density at radius 2 is 1.44 bits per heavy atom. The maximum Gasteiger partial charge on any atom is 0.0976 e. The summed E-state index contributed by atoms with van der Waals surface area (Å²) in [5.41, 5.74) is -0.180. The molecule has 4 radical (unpaired) electrons. The average Bonchev–Trinajstić information content (AvgIpc) is 2.59. The van der Waals surface area contributed by atoms with E-state index < -0.39 is 5.34 Å². The second-order valence-corrected chi connectivity index (χ2v) is 5.80. The standard InChI is InChI=1S/C11H19B2NO2/c1-10(2,3)11(12,13)14-6-8-9(7-14)16-5-4-15-8/h8-9H,4-7H2,1-3H3. The zero-order chi connectivity index (χ0) is 12.0. The number of likely N-dealkylation sites (tertiary alicyclic amines) is 1. The molecule has 0 spiro atoms. The predicted molar refractivity (Wildman–Crippen MR) is 64.7 cm³/mol. The van der Waals surface area contributed by atoms with Crippen LogP contribution in [0.4, 0.5) is 0 Å². The van der Waals surface area contributed by atoms with Crippen LogP contribution in [0, 0.1) is 5.41 Å². The lowest BCUT2D eigenvalue weighted by atomic mass is 9.48. The molecular formula is C11H19B2NO2. The summed E-state index contributed by atoms with van der Waals surface area (Å²) in [5, 5.41) is -0.822. The molecule has 0 aliphatic carbocycles. The Balaban J connectivity index is 2.07. The lowest BCUT2D eigenvalue weighted by Crippen LogP contribution is -2.58. The number of fused-ring (bicyclic) bond motifs is 1. The van der Waals surface area contributed by atoms with Gasteiger partial charge in [-0.2, -0.15) is 0 Å². The summed E-state index contributed by atoms with van der Waals surface area (Å²) in [6.07, 6.45) is 0.255. The van der Waals surface area contributed by atoms with E-state index in [0.717, 1.165) is 13.1 Å². The van der Waals surface area contributed by atoms with Crippen molar-refractivity contribution in [3.05, 3.63) is 0 Å². The van der Waals surface area contributed by atoms with E-state index in [4.69, 9.17) is 25.2 Å². The van der Waals surface area contributed by atoms with E-state index in [1.165, 1.54) is 0 Å². The molecule has 0 aromatic rings. The number of ether oxygens (including phenoxy) is 2. The highest BCUT2D eigenvalue weighted by atomic mass is 16.6. The molecular weight excluding hydrogens is 200 g/mol. The molecule has 2 atom stereocenters. The Labute approximate surface area is 101 Å². The van der Waals surface area contributed by atoms with Crippen LogP contribution in [0.5, 0.6) is 0 Å². The van der Waals surface area contributed by atoms with Gasteiger partial charge < -0.3 is 14.4 Å². The number of rotatable bonds is 1. The van der Waals surface area contributed by atoms with Gasteiger partial charge in [0.05, 0.1) is 41.1 Å². The fourth-order valence-electron chi connectivity index (χ4n) is 2.24. The molecule has 2 aliphatic heterocycles. The fourth-order valence-corrected chi connectivity index (χ4v) is 2.24. The second-order valence-electron chi connectivity index (χ2n) is 5.80. The summed E-state index contributed by atoms with van der Waals surface area (Å²) in [6.45, 7) is 9.02. The first-order valence-electron chi connectivity index (χ1n) is 5.88. The Morgan fingerprint density at radius 3 is 1.81 bits per heavy atom. The van der Waals surface area contributed by atoms with Crippen LogP contribution >= 0.6 is 0 Å². The summed E-state index contributed by atoms with van der Waals surface area (Å²) < 4.78 is 11.3. The minimum Gasteiger partial charge on any atom is -0.372 e. The quantitative estimate of drug-likeness (QED) is 0.584. The maximum absolute atomic E-state index is 6.25. The first-order valence-corrected chi connectivity index (χ1v) is 5.88. The summed E-state index contributed by atoms with van der Waals surface area (Å²) in [6, 6.07) is 0. The molecule has 16 heavy (non-hydrogen) atoms. The average molecular weight is 219 g/mol. The first-order chi connectivity index (χ1) is 7.32. The topological polar surface area (TPSA) is 21.7 Å². The second kappa shape index (κ2) is 4.04. The van der Waals surface area contributed by atoms with Crippen molar-refractivity contribution in [3.63, 3.8) is 0 Å². The third-order valence-electron chi connectivity index (χ3n) is 3.69. The number of hydrogen-bond donors (Lipinski definition) is 0. The lowest BCUT2D eigenvalue weighted by Gasteiger charge is -2.47. The van der Waals surface area contributed by atoms with E-state index in [-0.39, 0.29) is 17.6 Å². The van der Waals surface area contributed by atoms with Gasteiger partial charge in [-0.05, 0) is 10.8 Å². The molecule has 2 rings (SSSR count). The highest BCUT2D eigenvalue weighted by Gasteiger charge is 2.45. The zero-order valence-corrected chi connectivity index (χ0v) is 10.4. The number of nitrogens with zero attached hydrogens (tertiary/aromatic N) is 1. The third-order valence-corrected chi connectivity index (χ3v) is 3.69. The molecule has 2 fully saturated rings. The Bertz CT molecular complexity index is 251. The van der Waals surface area contributed by atoms with Gasteiger partial charge in [-0.15, -0.1) is 0 Å². The van der Waals surface area contributed by atoms with E-state index in [0.29, 0.717) is 13.2 Å². The van der Waals surface area contributed by atoms with Crippen molar-refractivity contribution in [1.82, 2.24) is 4.90 Å².